The number of para-hydroxylation sites is 2. The molecule has 0 aliphatic heterocycles. The van der Waals surface area contributed by atoms with Crippen LogP contribution in [0.3, 0.4) is 0 Å². The Morgan fingerprint density at radius 1 is 0.960 bits per heavy atom. The van der Waals surface area contributed by atoms with Crippen molar-refractivity contribution >= 4 is 51.9 Å². The largest absolute Gasteiger partial charge is 0.495 e. The van der Waals surface area contributed by atoms with Gasteiger partial charge < -0.3 is 21.1 Å². The predicted molar refractivity (Wildman–Crippen MR) is 102 cm³/mol. The summed E-state index contributed by atoms with van der Waals surface area (Å²) in [5, 5.41) is 7.27. The molecule has 0 atom stereocenters. The molecular formula is C17H15Cl2N5O. The van der Waals surface area contributed by atoms with Crippen molar-refractivity contribution in [2.45, 2.75) is 0 Å². The molecule has 25 heavy (non-hydrogen) atoms. The normalized spacial score (nSPS) is 10.4. The van der Waals surface area contributed by atoms with E-state index in [1.165, 1.54) is 6.33 Å². The standard InChI is InChI=1S/C17H15Cl2N5O/c1-25-14-5-3-2-4-12(14)23-16-15(20)17(22-9-21-16)24-13-8-10(18)6-7-11(13)19/h2-9H,20H2,1H3,(H2,21,22,23,24). The van der Waals surface area contributed by atoms with Gasteiger partial charge in [0, 0.05) is 5.02 Å². The summed E-state index contributed by atoms with van der Waals surface area (Å²) in [5.41, 5.74) is 7.87. The van der Waals surface area contributed by atoms with Gasteiger partial charge in [-0.2, -0.15) is 0 Å². The molecule has 128 valence electrons. The molecule has 4 N–H and O–H groups in total. The van der Waals surface area contributed by atoms with E-state index in [0.29, 0.717) is 38.8 Å². The van der Waals surface area contributed by atoms with Gasteiger partial charge in [-0.15, -0.1) is 0 Å². The van der Waals surface area contributed by atoms with Gasteiger partial charge in [0.1, 0.15) is 17.8 Å². The lowest BCUT2D eigenvalue weighted by Crippen LogP contribution is -2.06. The number of halogens is 2. The molecule has 0 aliphatic rings. The highest BCUT2D eigenvalue weighted by Crippen LogP contribution is 2.34. The molecule has 0 aliphatic carbocycles. The lowest BCUT2D eigenvalue weighted by molar-refractivity contribution is 0.417. The van der Waals surface area contributed by atoms with Crippen molar-refractivity contribution in [2.75, 3.05) is 23.5 Å². The first-order valence-electron chi connectivity index (χ1n) is 7.31. The molecule has 6 nitrogen and oxygen atoms in total. The van der Waals surface area contributed by atoms with Crippen LogP contribution in [0.25, 0.3) is 0 Å². The van der Waals surface area contributed by atoms with Crippen LogP contribution < -0.4 is 21.1 Å². The number of hydrogen-bond donors (Lipinski definition) is 3. The van der Waals surface area contributed by atoms with Gasteiger partial charge in [0.15, 0.2) is 11.6 Å². The molecule has 0 bridgehead atoms. The predicted octanol–water partition coefficient (Wildman–Crippen LogP) is 4.86. The fourth-order valence-corrected chi connectivity index (χ4v) is 2.53. The molecule has 2 aromatic carbocycles. The summed E-state index contributed by atoms with van der Waals surface area (Å²) in [6, 6.07) is 12.5. The van der Waals surface area contributed by atoms with Crippen LogP contribution in [0, 0.1) is 0 Å². The molecule has 0 fully saturated rings. The number of anilines is 5. The topological polar surface area (TPSA) is 85.1 Å². The Labute approximate surface area is 155 Å². The van der Waals surface area contributed by atoms with Crippen LogP contribution in [0.2, 0.25) is 10.0 Å². The number of nitrogens with two attached hydrogens (primary N) is 1. The van der Waals surface area contributed by atoms with E-state index in [4.69, 9.17) is 33.7 Å². The van der Waals surface area contributed by atoms with E-state index in [-0.39, 0.29) is 0 Å². The minimum atomic E-state index is 0.337. The van der Waals surface area contributed by atoms with E-state index in [2.05, 4.69) is 20.6 Å². The second kappa shape index (κ2) is 7.46. The quantitative estimate of drug-likeness (QED) is 0.590. The highest BCUT2D eigenvalue weighted by molar-refractivity contribution is 6.35. The van der Waals surface area contributed by atoms with Crippen LogP contribution in [-0.4, -0.2) is 17.1 Å². The van der Waals surface area contributed by atoms with Crippen LogP contribution in [0.5, 0.6) is 5.75 Å². The van der Waals surface area contributed by atoms with Gasteiger partial charge in [-0.1, -0.05) is 35.3 Å². The Balaban J connectivity index is 1.91. The second-order valence-electron chi connectivity index (χ2n) is 5.06. The molecule has 0 unspecified atom stereocenters. The minimum Gasteiger partial charge on any atom is -0.495 e. The Kier molecular flexibility index (Phi) is 5.11. The average molecular weight is 376 g/mol. The third-order valence-corrected chi connectivity index (χ3v) is 3.99. The smallest absolute Gasteiger partial charge is 0.159 e. The number of rotatable bonds is 5. The maximum absolute atomic E-state index is 6.19. The molecule has 0 amide bonds. The lowest BCUT2D eigenvalue weighted by Gasteiger charge is -2.15. The molecule has 0 saturated carbocycles. The molecular weight excluding hydrogens is 361 g/mol. The van der Waals surface area contributed by atoms with E-state index in [9.17, 15) is 0 Å². The summed E-state index contributed by atoms with van der Waals surface area (Å²) in [6.07, 6.45) is 1.40. The third-order valence-electron chi connectivity index (χ3n) is 3.43. The highest BCUT2D eigenvalue weighted by atomic mass is 35.5. The first kappa shape index (κ1) is 17.1. The summed E-state index contributed by atoms with van der Waals surface area (Å²) in [4.78, 5) is 8.36. The number of aromatic nitrogens is 2. The zero-order valence-corrected chi connectivity index (χ0v) is 14.8. The third kappa shape index (κ3) is 3.87. The second-order valence-corrected chi connectivity index (χ2v) is 5.90. The fourth-order valence-electron chi connectivity index (χ4n) is 2.19. The number of ether oxygens (including phenoxy) is 1. The number of nitrogen functional groups attached to an aromatic ring is 1. The summed E-state index contributed by atoms with van der Waals surface area (Å²) < 4.78 is 5.32. The zero-order chi connectivity index (χ0) is 17.8. The number of hydrogen-bond acceptors (Lipinski definition) is 6. The first-order chi connectivity index (χ1) is 12.1. The van der Waals surface area contributed by atoms with Crippen LogP contribution in [-0.2, 0) is 0 Å². The van der Waals surface area contributed by atoms with E-state index >= 15 is 0 Å². The molecule has 0 radical (unpaired) electrons. The van der Waals surface area contributed by atoms with E-state index < -0.39 is 0 Å². The van der Waals surface area contributed by atoms with Crippen molar-refractivity contribution in [2.24, 2.45) is 0 Å². The van der Waals surface area contributed by atoms with Gasteiger partial charge in [0.25, 0.3) is 0 Å². The summed E-state index contributed by atoms with van der Waals surface area (Å²) in [6.45, 7) is 0. The van der Waals surface area contributed by atoms with Crippen molar-refractivity contribution < 1.29 is 4.74 Å². The van der Waals surface area contributed by atoms with Crippen LogP contribution >= 0.6 is 23.2 Å². The van der Waals surface area contributed by atoms with Crippen molar-refractivity contribution in [1.29, 1.82) is 0 Å². The van der Waals surface area contributed by atoms with Crippen molar-refractivity contribution in [1.82, 2.24) is 9.97 Å². The molecule has 1 aromatic heterocycles. The average Bonchev–Trinajstić information content (AvgIpc) is 2.62. The van der Waals surface area contributed by atoms with Gasteiger partial charge in [-0.3, -0.25) is 0 Å². The Morgan fingerprint density at radius 3 is 2.36 bits per heavy atom. The van der Waals surface area contributed by atoms with E-state index in [1.54, 1.807) is 25.3 Å². The van der Waals surface area contributed by atoms with E-state index in [1.807, 2.05) is 24.3 Å². The van der Waals surface area contributed by atoms with Crippen molar-refractivity contribution in [3.05, 3.63) is 58.8 Å². The Bertz CT molecular complexity index is 904. The number of nitrogens with one attached hydrogen (secondary N) is 2. The monoisotopic (exact) mass is 375 g/mol. The maximum atomic E-state index is 6.19. The summed E-state index contributed by atoms with van der Waals surface area (Å²) in [5.74, 6) is 1.53. The van der Waals surface area contributed by atoms with Crippen LogP contribution in [0.4, 0.5) is 28.7 Å². The van der Waals surface area contributed by atoms with Gasteiger partial charge in [0.05, 0.1) is 23.5 Å². The van der Waals surface area contributed by atoms with Crippen molar-refractivity contribution in [3.63, 3.8) is 0 Å². The number of methoxy groups -OCH3 is 1. The number of nitrogens with zero attached hydrogens (tertiary/aromatic N) is 2. The summed E-state index contributed by atoms with van der Waals surface area (Å²) >= 11 is 12.2. The molecule has 1 heterocycles. The Hall–Kier alpha value is -2.70. The minimum absolute atomic E-state index is 0.337. The fraction of sp³-hybridized carbons (Fsp3) is 0.0588. The van der Waals surface area contributed by atoms with Gasteiger partial charge >= 0.3 is 0 Å². The van der Waals surface area contributed by atoms with Gasteiger partial charge in [-0.05, 0) is 30.3 Å². The molecule has 3 aromatic rings. The van der Waals surface area contributed by atoms with Gasteiger partial charge in [0.2, 0.25) is 0 Å². The molecule has 0 saturated heterocycles. The lowest BCUT2D eigenvalue weighted by atomic mass is 10.3. The SMILES string of the molecule is COc1ccccc1Nc1ncnc(Nc2cc(Cl)ccc2Cl)c1N. The van der Waals surface area contributed by atoms with Crippen LogP contribution in [0.1, 0.15) is 0 Å². The van der Waals surface area contributed by atoms with Crippen LogP contribution in [0.15, 0.2) is 48.8 Å². The summed E-state index contributed by atoms with van der Waals surface area (Å²) in [7, 11) is 1.60. The molecule has 8 heteroatoms. The number of benzene rings is 2. The molecule has 0 spiro atoms. The van der Waals surface area contributed by atoms with Crippen molar-refractivity contribution in [3.8, 4) is 5.75 Å². The maximum Gasteiger partial charge on any atom is 0.159 e. The van der Waals surface area contributed by atoms with E-state index in [0.717, 1.165) is 5.69 Å². The molecule has 3 rings (SSSR count). The van der Waals surface area contributed by atoms with Gasteiger partial charge in [-0.25, -0.2) is 9.97 Å². The zero-order valence-electron chi connectivity index (χ0n) is 13.3. The Morgan fingerprint density at radius 2 is 1.64 bits per heavy atom. The first-order valence-corrected chi connectivity index (χ1v) is 8.06. The highest BCUT2D eigenvalue weighted by Gasteiger charge is 2.12.